The van der Waals surface area contributed by atoms with Gasteiger partial charge in [0.05, 0.1) is 0 Å². The number of rotatable bonds is 7. The molecule has 1 saturated heterocycles. The molecule has 1 atom stereocenters. The van der Waals surface area contributed by atoms with E-state index in [2.05, 4.69) is 37.5 Å². The topological polar surface area (TPSA) is 26.7 Å². The van der Waals surface area contributed by atoms with Gasteiger partial charge in [-0.3, -0.25) is 0 Å². The van der Waals surface area contributed by atoms with E-state index in [0.717, 1.165) is 19.4 Å². The van der Waals surface area contributed by atoms with E-state index in [1.165, 1.54) is 39.1 Å². The second-order valence-corrected chi connectivity index (χ2v) is 7.21. The van der Waals surface area contributed by atoms with Gasteiger partial charge in [0.15, 0.2) is 0 Å². The Morgan fingerprint density at radius 3 is 2.05 bits per heavy atom. The minimum absolute atomic E-state index is 0.352. The molecule has 0 bridgehead atoms. The summed E-state index contributed by atoms with van der Waals surface area (Å²) in [6, 6.07) is 0. The molecular weight excluding hydrogens is 236 g/mol. The average Bonchev–Trinajstić information content (AvgIpc) is 2.38. The Bertz CT molecular complexity index is 229. The number of likely N-dealkylation sites (N-methyl/N-ethyl adjacent to an activating group) is 1. The Hall–Kier alpha value is -0.120. The number of nitrogens with zero attached hydrogens (tertiary/aromatic N) is 2. The number of aliphatic hydroxyl groups excluding tert-OH is 1. The van der Waals surface area contributed by atoms with Crippen LogP contribution in [0.3, 0.4) is 0 Å². The zero-order valence-corrected chi connectivity index (χ0v) is 13.5. The van der Waals surface area contributed by atoms with Gasteiger partial charge < -0.3 is 14.9 Å². The lowest BCUT2D eigenvalue weighted by Gasteiger charge is -2.34. The van der Waals surface area contributed by atoms with Crippen molar-refractivity contribution in [2.24, 2.45) is 11.3 Å². The summed E-state index contributed by atoms with van der Waals surface area (Å²) in [4.78, 5) is 5.07. The van der Waals surface area contributed by atoms with E-state index in [-0.39, 0.29) is 0 Å². The fourth-order valence-electron chi connectivity index (χ4n) is 2.66. The van der Waals surface area contributed by atoms with Gasteiger partial charge in [0.2, 0.25) is 0 Å². The quantitative estimate of drug-likeness (QED) is 0.770. The monoisotopic (exact) mass is 270 g/mol. The van der Waals surface area contributed by atoms with Crippen molar-refractivity contribution in [3.8, 4) is 0 Å². The molecule has 0 saturated carbocycles. The van der Waals surface area contributed by atoms with Crippen molar-refractivity contribution >= 4 is 0 Å². The van der Waals surface area contributed by atoms with Crippen LogP contribution in [0.2, 0.25) is 0 Å². The van der Waals surface area contributed by atoms with Gasteiger partial charge in [-0.05, 0) is 43.7 Å². The van der Waals surface area contributed by atoms with Gasteiger partial charge in [0, 0.05) is 32.8 Å². The van der Waals surface area contributed by atoms with Gasteiger partial charge in [-0.2, -0.15) is 0 Å². The molecule has 0 aliphatic carbocycles. The van der Waals surface area contributed by atoms with Crippen LogP contribution in [-0.2, 0) is 0 Å². The van der Waals surface area contributed by atoms with Gasteiger partial charge in [-0.25, -0.2) is 0 Å². The van der Waals surface area contributed by atoms with Crippen LogP contribution in [0.4, 0.5) is 0 Å². The van der Waals surface area contributed by atoms with Crippen molar-refractivity contribution < 1.29 is 5.11 Å². The van der Waals surface area contributed by atoms with Crippen molar-refractivity contribution in [1.82, 2.24) is 9.80 Å². The predicted octanol–water partition coefficient (Wildman–Crippen LogP) is 2.45. The third-order valence-electron chi connectivity index (χ3n) is 4.33. The molecule has 19 heavy (non-hydrogen) atoms. The van der Waals surface area contributed by atoms with E-state index >= 15 is 0 Å². The number of hydrogen-bond acceptors (Lipinski definition) is 3. The van der Waals surface area contributed by atoms with Gasteiger partial charge in [-0.1, -0.05) is 27.7 Å². The minimum Gasteiger partial charge on any atom is -0.396 e. The molecule has 3 heteroatoms. The highest BCUT2D eigenvalue weighted by molar-refractivity contribution is 4.73. The first-order valence-corrected chi connectivity index (χ1v) is 8.00. The molecule has 1 rings (SSSR count). The molecule has 114 valence electrons. The highest BCUT2D eigenvalue weighted by Crippen LogP contribution is 2.25. The lowest BCUT2D eigenvalue weighted by molar-refractivity contribution is 0.119. The van der Waals surface area contributed by atoms with Gasteiger partial charge in [0.1, 0.15) is 0 Å². The summed E-state index contributed by atoms with van der Waals surface area (Å²) in [5.74, 6) is 0.489. The summed E-state index contributed by atoms with van der Waals surface area (Å²) in [5, 5.41) is 9.51. The normalized spacial score (nSPS) is 20.7. The first-order chi connectivity index (χ1) is 8.94. The molecule has 1 aliphatic rings. The molecule has 0 unspecified atom stereocenters. The summed E-state index contributed by atoms with van der Waals surface area (Å²) in [7, 11) is 0. The molecule has 0 aromatic heterocycles. The molecule has 1 N–H and O–H groups in total. The molecule has 1 fully saturated rings. The average molecular weight is 270 g/mol. The summed E-state index contributed by atoms with van der Waals surface area (Å²) in [6.07, 6.45) is 3.52. The van der Waals surface area contributed by atoms with Crippen LogP contribution < -0.4 is 0 Å². The molecule has 0 spiro atoms. The molecule has 0 aromatic rings. The molecule has 0 amide bonds. The highest BCUT2D eigenvalue weighted by Gasteiger charge is 2.18. The summed E-state index contributed by atoms with van der Waals surface area (Å²) in [5.41, 5.74) is 0.389. The van der Waals surface area contributed by atoms with Crippen molar-refractivity contribution in [2.75, 3.05) is 45.9 Å². The van der Waals surface area contributed by atoms with Crippen molar-refractivity contribution in [1.29, 1.82) is 0 Å². The molecule has 1 heterocycles. The molecule has 1 aliphatic heterocycles. The number of aliphatic hydroxyl groups is 1. The van der Waals surface area contributed by atoms with Crippen LogP contribution in [0.5, 0.6) is 0 Å². The third kappa shape index (κ3) is 7.28. The van der Waals surface area contributed by atoms with E-state index < -0.39 is 0 Å². The molecule has 0 aromatic carbocycles. The predicted molar refractivity (Wildman–Crippen MR) is 82.4 cm³/mol. The first-order valence-electron chi connectivity index (χ1n) is 8.00. The standard InChI is InChI=1S/C16H34N2O/c1-5-17-10-12-18(13-11-17)9-7-15(14-19)6-8-16(2,3)4/h15,19H,5-14H2,1-4H3/t15-/m1/s1. The molecular formula is C16H34N2O. The van der Waals surface area contributed by atoms with Gasteiger partial charge in [-0.15, -0.1) is 0 Å². The zero-order valence-electron chi connectivity index (χ0n) is 13.5. The Morgan fingerprint density at radius 2 is 1.58 bits per heavy atom. The Kier molecular flexibility index (Phi) is 7.33. The van der Waals surface area contributed by atoms with E-state index in [4.69, 9.17) is 0 Å². The van der Waals surface area contributed by atoms with Crippen LogP contribution >= 0.6 is 0 Å². The molecule has 3 nitrogen and oxygen atoms in total. The first kappa shape index (κ1) is 16.9. The van der Waals surface area contributed by atoms with Crippen molar-refractivity contribution in [2.45, 2.75) is 47.0 Å². The van der Waals surface area contributed by atoms with Gasteiger partial charge >= 0.3 is 0 Å². The summed E-state index contributed by atoms with van der Waals surface area (Å²) >= 11 is 0. The van der Waals surface area contributed by atoms with E-state index in [0.29, 0.717) is 17.9 Å². The Balaban J connectivity index is 2.19. The summed E-state index contributed by atoms with van der Waals surface area (Å²) < 4.78 is 0. The Labute approximate surface area is 120 Å². The van der Waals surface area contributed by atoms with E-state index in [9.17, 15) is 5.11 Å². The fourth-order valence-corrected chi connectivity index (χ4v) is 2.66. The fraction of sp³-hybridized carbons (Fsp3) is 1.00. The maximum atomic E-state index is 9.51. The zero-order chi connectivity index (χ0) is 14.3. The highest BCUT2D eigenvalue weighted by atomic mass is 16.3. The second kappa shape index (κ2) is 8.23. The van der Waals surface area contributed by atoms with Crippen LogP contribution in [0.25, 0.3) is 0 Å². The maximum absolute atomic E-state index is 9.51. The van der Waals surface area contributed by atoms with E-state index in [1.807, 2.05) is 0 Å². The largest absolute Gasteiger partial charge is 0.396 e. The summed E-state index contributed by atoms with van der Waals surface area (Å²) in [6.45, 7) is 16.6. The van der Waals surface area contributed by atoms with Crippen molar-refractivity contribution in [3.63, 3.8) is 0 Å². The molecule has 0 radical (unpaired) electrons. The maximum Gasteiger partial charge on any atom is 0.0459 e. The lowest BCUT2D eigenvalue weighted by atomic mass is 9.86. The van der Waals surface area contributed by atoms with Gasteiger partial charge in [0.25, 0.3) is 0 Å². The second-order valence-electron chi connectivity index (χ2n) is 7.21. The number of piperazine rings is 1. The van der Waals surface area contributed by atoms with Crippen LogP contribution in [0.1, 0.15) is 47.0 Å². The minimum atomic E-state index is 0.352. The van der Waals surface area contributed by atoms with Crippen LogP contribution in [0.15, 0.2) is 0 Å². The lowest BCUT2D eigenvalue weighted by Crippen LogP contribution is -2.46. The SMILES string of the molecule is CCN1CCN(CC[C@H](CO)CCC(C)(C)C)CC1. The van der Waals surface area contributed by atoms with E-state index in [1.54, 1.807) is 0 Å². The third-order valence-corrected chi connectivity index (χ3v) is 4.33. The number of hydrogen-bond donors (Lipinski definition) is 1. The van der Waals surface area contributed by atoms with Crippen molar-refractivity contribution in [3.05, 3.63) is 0 Å². The smallest absolute Gasteiger partial charge is 0.0459 e. The Morgan fingerprint density at radius 1 is 1.00 bits per heavy atom. The van der Waals surface area contributed by atoms with Crippen LogP contribution in [0, 0.1) is 11.3 Å². The van der Waals surface area contributed by atoms with Crippen LogP contribution in [-0.4, -0.2) is 60.8 Å².